The van der Waals surface area contributed by atoms with Crippen molar-refractivity contribution in [2.24, 2.45) is 0 Å². The van der Waals surface area contributed by atoms with E-state index in [1.807, 2.05) is 61.7 Å². The summed E-state index contributed by atoms with van der Waals surface area (Å²) in [4.78, 5) is 26.3. The number of nitrogens with zero attached hydrogens (tertiary/aromatic N) is 5. The van der Waals surface area contributed by atoms with Crippen LogP contribution in [0.3, 0.4) is 0 Å². The topological polar surface area (TPSA) is 94.4 Å². The molecule has 1 saturated heterocycles. The van der Waals surface area contributed by atoms with Crippen LogP contribution in [0.5, 0.6) is 5.75 Å². The summed E-state index contributed by atoms with van der Waals surface area (Å²) in [7, 11) is 0. The second-order valence-corrected chi connectivity index (χ2v) is 9.52. The molecule has 4 aromatic rings. The molecule has 0 saturated carbocycles. The number of anilines is 2. The third-order valence-electron chi connectivity index (χ3n) is 6.76. The van der Waals surface area contributed by atoms with Crippen LogP contribution in [0.15, 0.2) is 85.2 Å². The molecule has 1 fully saturated rings. The van der Waals surface area contributed by atoms with E-state index in [1.165, 1.54) is 0 Å². The Morgan fingerprint density at radius 3 is 2.62 bits per heavy atom. The smallest absolute Gasteiger partial charge is 0.410 e. The molecule has 8 heteroatoms. The Bertz CT molecular complexity index is 1450. The highest BCUT2D eigenvalue weighted by Gasteiger charge is 2.17. The summed E-state index contributed by atoms with van der Waals surface area (Å²) in [6.07, 6.45) is 3.95. The largest absolute Gasteiger partial charge is 0.417 e. The van der Waals surface area contributed by atoms with Crippen LogP contribution in [0.25, 0.3) is 11.1 Å². The highest BCUT2D eigenvalue weighted by atomic mass is 16.6. The highest BCUT2D eigenvalue weighted by molar-refractivity contribution is 5.86. The van der Waals surface area contributed by atoms with Gasteiger partial charge in [0.2, 0.25) is 0 Å². The Labute approximate surface area is 228 Å². The van der Waals surface area contributed by atoms with E-state index in [9.17, 15) is 4.79 Å². The van der Waals surface area contributed by atoms with E-state index >= 15 is 0 Å². The third-order valence-corrected chi connectivity index (χ3v) is 6.76. The first-order chi connectivity index (χ1) is 19.1. The maximum Gasteiger partial charge on any atom is 0.417 e. The van der Waals surface area contributed by atoms with E-state index in [0.29, 0.717) is 17.0 Å². The predicted octanol–water partition coefficient (Wildman–Crippen LogP) is 5.65. The summed E-state index contributed by atoms with van der Waals surface area (Å²) in [6.45, 7) is 6.60. The minimum absolute atomic E-state index is 0.432. The zero-order valence-corrected chi connectivity index (χ0v) is 21.9. The maximum absolute atomic E-state index is 12.6. The second-order valence-electron chi connectivity index (χ2n) is 9.52. The van der Waals surface area contributed by atoms with Crippen LogP contribution < -0.4 is 15.0 Å². The van der Waals surface area contributed by atoms with Crippen LogP contribution >= 0.6 is 0 Å². The van der Waals surface area contributed by atoms with Gasteiger partial charge < -0.3 is 9.64 Å². The number of pyridine rings is 2. The van der Waals surface area contributed by atoms with Crippen molar-refractivity contribution in [3.8, 4) is 22.9 Å². The first-order valence-electron chi connectivity index (χ1n) is 13.0. The van der Waals surface area contributed by atoms with Crippen molar-refractivity contribution in [1.29, 1.82) is 5.26 Å². The van der Waals surface area contributed by atoms with Gasteiger partial charge in [0.05, 0.1) is 29.2 Å². The minimum Gasteiger partial charge on any atom is -0.410 e. The van der Waals surface area contributed by atoms with E-state index in [0.717, 1.165) is 67.3 Å². The molecule has 39 heavy (non-hydrogen) atoms. The Morgan fingerprint density at radius 2 is 1.87 bits per heavy atom. The third kappa shape index (κ3) is 6.78. The molecule has 0 atom stereocenters. The normalized spacial score (nSPS) is 13.8. The number of hydrogen-bond donors (Lipinski definition) is 1. The number of aryl methyl sites for hydroxylation is 1. The lowest BCUT2D eigenvalue weighted by Gasteiger charge is -2.22. The molecule has 1 amide bonds. The Morgan fingerprint density at radius 1 is 1.00 bits per heavy atom. The van der Waals surface area contributed by atoms with Gasteiger partial charge in [0.15, 0.2) is 0 Å². The fourth-order valence-electron chi connectivity index (χ4n) is 4.68. The number of carbonyl (C=O) groups excluding carboxylic acids is 1. The molecule has 2 aromatic carbocycles. The van der Waals surface area contributed by atoms with Crippen molar-refractivity contribution in [2.75, 3.05) is 36.4 Å². The number of nitrogens with one attached hydrogen (secondary N) is 1. The number of aromatic nitrogens is 2. The fourth-order valence-corrected chi connectivity index (χ4v) is 4.68. The number of ether oxygens (including phenoxy) is 1. The van der Waals surface area contributed by atoms with E-state index in [4.69, 9.17) is 10.00 Å². The minimum atomic E-state index is -0.584. The van der Waals surface area contributed by atoms with Gasteiger partial charge in [0, 0.05) is 38.9 Å². The average molecular weight is 519 g/mol. The second kappa shape index (κ2) is 12.2. The fraction of sp³-hybridized carbons (Fsp3) is 0.226. The van der Waals surface area contributed by atoms with Gasteiger partial charge in [-0.1, -0.05) is 24.3 Å². The summed E-state index contributed by atoms with van der Waals surface area (Å²) in [6, 6.07) is 24.8. The number of carbonyl (C=O) groups is 1. The highest BCUT2D eigenvalue weighted by Crippen LogP contribution is 2.28. The molecule has 0 radical (unpaired) electrons. The SMILES string of the molecule is Cc1ccc(OC(=O)Nc2ccc(N3CCCN(Cc4ccccn4)CC3)nc2)cc1-c1ccc(C#N)cc1. The lowest BCUT2D eigenvalue weighted by molar-refractivity contribution is 0.215. The molecule has 1 N–H and O–H groups in total. The summed E-state index contributed by atoms with van der Waals surface area (Å²) in [5, 5.41) is 11.8. The Kier molecular flexibility index (Phi) is 8.10. The van der Waals surface area contributed by atoms with Crippen molar-refractivity contribution in [2.45, 2.75) is 19.9 Å². The van der Waals surface area contributed by atoms with Crippen LogP contribution in [0.1, 0.15) is 23.2 Å². The number of amides is 1. The van der Waals surface area contributed by atoms with Crippen LogP contribution in [-0.4, -0.2) is 47.1 Å². The summed E-state index contributed by atoms with van der Waals surface area (Å²) >= 11 is 0. The van der Waals surface area contributed by atoms with Crippen LogP contribution in [-0.2, 0) is 6.54 Å². The molecule has 5 rings (SSSR count). The van der Waals surface area contributed by atoms with Gasteiger partial charge in [0.25, 0.3) is 0 Å². The number of nitriles is 1. The molecule has 196 valence electrons. The van der Waals surface area contributed by atoms with Gasteiger partial charge in [0.1, 0.15) is 11.6 Å². The van der Waals surface area contributed by atoms with Gasteiger partial charge in [-0.25, -0.2) is 9.78 Å². The molecule has 1 aliphatic heterocycles. The van der Waals surface area contributed by atoms with Crippen molar-refractivity contribution in [1.82, 2.24) is 14.9 Å². The van der Waals surface area contributed by atoms with Crippen molar-refractivity contribution in [3.63, 3.8) is 0 Å². The van der Waals surface area contributed by atoms with Gasteiger partial charge >= 0.3 is 6.09 Å². The van der Waals surface area contributed by atoms with Gasteiger partial charge in [-0.15, -0.1) is 0 Å². The predicted molar refractivity (Wildman–Crippen MR) is 152 cm³/mol. The standard InChI is InChI=1S/C31H30N6O2/c1-23-6-12-28(19-29(23)25-9-7-24(20-32)8-10-25)39-31(38)35-26-11-13-30(34-21-26)37-16-4-15-36(17-18-37)22-27-5-2-3-14-33-27/h2-3,5-14,19,21H,4,15-18,22H2,1H3,(H,35,38). The van der Waals surface area contributed by atoms with Crippen molar-refractivity contribution < 1.29 is 9.53 Å². The number of hydrogen-bond acceptors (Lipinski definition) is 7. The molecular weight excluding hydrogens is 488 g/mol. The van der Waals surface area contributed by atoms with Crippen LogP contribution in [0, 0.1) is 18.3 Å². The molecule has 3 heterocycles. The van der Waals surface area contributed by atoms with Crippen LogP contribution in [0.2, 0.25) is 0 Å². The first-order valence-corrected chi connectivity index (χ1v) is 13.0. The average Bonchev–Trinajstić information content (AvgIpc) is 3.20. The lowest BCUT2D eigenvalue weighted by atomic mass is 9.99. The van der Waals surface area contributed by atoms with E-state index in [2.05, 4.69) is 37.2 Å². The molecule has 0 aliphatic carbocycles. The van der Waals surface area contributed by atoms with Gasteiger partial charge in [-0.3, -0.25) is 15.2 Å². The molecule has 0 unspecified atom stereocenters. The van der Waals surface area contributed by atoms with Crippen molar-refractivity contribution >= 4 is 17.6 Å². The van der Waals surface area contributed by atoms with Crippen molar-refractivity contribution in [3.05, 3.63) is 102 Å². The lowest BCUT2D eigenvalue weighted by Crippen LogP contribution is -2.31. The zero-order valence-electron chi connectivity index (χ0n) is 21.9. The van der Waals surface area contributed by atoms with Gasteiger partial charge in [-0.05, 0) is 78.6 Å². The number of rotatable bonds is 6. The Balaban J connectivity index is 1.16. The Hall–Kier alpha value is -4.74. The van der Waals surface area contributed by atoms with Gasteiger partial charge in [-0.2, -0.15) is 5.26 Å². The summed E-state index contributed by atoms with van der Waals surface area (Å²) in [5.74, 6) is 1.32. The van der Waals surface area contributed by atoms with Crippen LogP contribution in [0.4, 0.5) is 16.3 Å². The molecule has 8 nitrogen and oxygen atoms in total. The zero-order chi connectivity index (χ0) is 27.0. The molecular formula is C31H30N6O2. The van der Waals surface area contributed by atoms with E-state index in [1.54, 1.807) is 24.4 Å². The first kappa shape index (κ1) is 25.9. The molecule has 2 aromatic heterocycles. The van der Waals surface area contributed by atoms with E-state index < -0.39 is 6.09 Å². The van der Waals surface area contributed by atoms with E-state index in [-0.39, 0.29) is 0 Å². The molecule has 0 spiro atoms. The quantitative estimate of drug-likeness (QED) is 0.353. The monoisotopic (exact) mass is 518 g/mol. The summed E-state index contributed by atoms with van der Waals surface area (Å²) < 4.78 is 5.55. The molecule has 0 bridgehead atoms. The summed E-state index contributed by atoms with van der Waals surface area (Å²) in [5.41, 5.74) is 5.18. The molecule has 1 aliphatic rings. The maximum atomic E-state index is 12.6. The number of benzene rings is 2.